The molecule has 1 aliphatic heterocycles. The van der Waals surface area contributed by atoms with Crippen LogP contribution in [0.15, 0.2) is 18.2 Å². The first-order valence-electron chi connectivity index (χ1n) is 6.57. The van der Waals surface area contributed by atoms with Crippen molar-refractivity contribution in [3.8, 4) is 0 Å². The predicted octanol–water partition coefficient (Wildman–Crippen LogP) is 1.73. The van der Waals surface area contributed by atoms with Crippen LogP contribution in [0, 0.1) is 11.6 Å². The van der Waals surface area contributed by atoms with E-state index < -0.39 is 23.6 Å². The van der Waals surface area contributed by atoms with Crippen LogP contribution < -0.4 is 0 Å². The van der Waals surface area contributed by atoms with Crippen molar-refractivity contribution in [3.05, 3.63) is 35.4 Å². The van der Waals surface area contributed by atoms with Crippen LogP contribution in [0.4, 0.5) is 8.78 Å². The molecule has 1 fully saturated rings. The zero-order valence-electron chi connectivity index (χ0n) is 11.4. The van der Waals surface area contributed by atoms with Gasteiger partial charge in [-0.25, -0.2) is 8.78 Å². The van der Waals surface area contributed by atoms with E-state index in [4.69, 9.17) is 5.11 Å². The zero-order chi connectivity index (χ0) is 14.7. The van der Waals surface area contributed by atoms with E-state index in [0.717, 1.165) is 13.1 Å². The summed E-state index contributed by atoms with van der Waals surface area (Å²) >= 11 is 0. The number of hydrogen-bond donors (Lipinski definition) is 1. The highest BCUT2D eigenvalue weighted by Crippen LogP contribution is 2.29. The van der Waals surface area contributed by atoms with Gasteiger partial charge in [-0.15, -0.1) is 0 Å². The van der Waals surface area contributed by atoms with Crippen LogP contribution in [0.2, 0.25) is 0 Å². The van der Waals surface area contributed by atoms with Gasteiger partial charge in [-0.1, -0.05) is 6.07 Å². The molecule has 0 spiro atoms. The summed E-state index contributed by atoms with van der Waals surface area (Å²) in [4.78, 5) is 15.0. The fraction of sp³-hybridized carbons (Fsp3) is 0.500. The van der Waals surface area contributed by atoms with Crippen molar-refractivity contribution in [3.63, 3.8) is 0 Å². The molecule has 6 heteroatoms. The highest BCUT2D eigenvalue weighted by molar-refractivity contribution is 5.68. The number of nitrogens with zero attached hydrogens (tertiary/aromatic N) is 2. The molecule has 20 heavy (non-hydrogen) atoms. The number of piperazine rings is 1. The number of carboxylic acids is 1. The third-order valence-electron chi connectivity index (χ3n) is 3.68. The lowest BCUT2D eigenvalue weighted by atomic mass is 9.99. The molecule has 1 saturated heterocycles. The van der Waals surface area contributed by atoms with E-state index >= 15 is 0 Å². The molecular weight excluding hydrogens is 266 g/mol. The van der Waals surface area contributed by atoms with Gasteiger partial charge in [0.1, 0.15) is 11.6 Å². The van der Waals surface area contributed by atoms with Gasteiger partial charge in [0.05, 0.1) is 12.5 Å². The molecule has 4 nitrogen and oxygen atoms in total. The number of carbonyl (C=O) groups is 1. The Morgan fingerprint density at radius 3 is 2.30 bits per heavy atom. The number of halogens is 2. The number of hydrogen-bond acceptors (Lipinski definition) is 3. The first kappa shape index (κ1) is 14.9. The number of benzene rings is 1. The molecule has 0 saturated carbocycles. The molecule has 0 aromatic heterocycles. The molecule has 1 aromatic carbocycles. The lowest BCUT2D eigenvalue weighted by molar-refractivity contribution is -0.138. The summed E-state index contributed by atoms with van der Waals surface area (Å²) in [5.41, 5.74) is -0.139. The van der Waals surface area contributed by atoms with Gasteiger partial charge < -0.3 is 10.0 Å². The normalized spacial score (nSPS) is 18.9. The van der Waals surface area contributed by atoms with Crippen molar-refractivity contribution in [1.29, 1.82) is 0 Å². The van der Waals surface area contributed by atoms with Gasteiger partial charge in [-0.2, -0.15) is 0 Å². The smallest absolute Gasteiger partial charge is 0.305 e. The number of rotatable bonds is 4. The molecule has 110 valence electrons. The van der Waals surface area contributed by atoms with Crippen LogP contribution >= 0.6 is 0 Å². The molecule has 0 bridgehead atoms. The second kappa shape index (κ2) is 6.28. The average molecular weight is 284 g/mol. The van der Waals surface area contributed by atoms with Gasteiger partial charge in [-0.05, 0) is 19.2 Å². The summed E-state index contributed by atoms with van der Waals surface area (Å²) in [6.07, 6.45) is -0.304. The largest absolute Gasteiger partial charge is 0.481 e. The van der Waals surface area contributed by atoms with Crippen molar-refractivity contribution >= 4 is 5.97 Å². The Bertz CT molecular complexity index is 468. The topological polar surface area (TPSA) is 43.8 Å². The minimum atomic E-state index is -1.06. The summed E-state index contributed by atoms with van der Waals surface area (Å²) in [6.45, 7) is 2.71. The quantitative estimate of drug-likeness (QED) is 0.914. The Morgan fingerprint density at radius 1 is 1.25 bits per heavy atom. The van der Waals surface area contributed by atoms with Crippen LogP contribution in [0.1, 0.15) is 18.0 Å². The van der Waals surface area contributed by atoms with E-state index in [2.05, 4.69) is 4.90 Å². The highest BCUT2D eigenvalue weighted by Gasteiger charge is 2.30. The third-order valence-corrected chi connectivity index (χ3v) is 3.68. The SMILES string of the molecule is CN1CCN(C(CC(=O)O)c2c(F)cccc2F)CC1. The Balaban J connectivity index is 2.30. The molecule has 0 radical (unpaired) electrons. The molecule has 1 heterocycles. The van der Waals surface area contributed by atoms with Crippen LogP contribution in [-0.2, 0) is 4.79 Å². The van der Waals surface area contributed by atoms with E-state index in [-0.39, 0.29) is 12.0 Å². The Labute approximate surface area is 116 Å². The standard InChI is InChI=1S/C14H18F2N2O2/c1-17-5-7-18(8-6-17)12(9-13(19)20)14-10(15)3-2-4-11(14)16/h2-4,12H,5-9H2,1H3,(H,19,20). The lowest BCUT2D eigenvalue weighted by Crippen LogP contribution is -2.46. The van der Waals surface area contributed by atoms with Gasteiger partial charge in [0.2, 0.25) is 0 Å². The molecule has 1 unspecified atom stereocenters. The van der Waals surface area contributed by atoms with E-state index in [1.807, 2.05) is 11.9 Å². The van der Waals surface area contributed by atoms with Crippen LogP contribution in [0.25, 0.3) is 0 Å². The Kier molecular flexibility index (Phi) is 4.67. The molecule has 1 atom stereocenters. The minimum Gasteiger partial charge on any atom is -0.481 e. The monoisotopic (exact) mass is 284 g/mol. The summed E-state index contributed by atoms with van der Waals surface area (Å²) in [6, 6.07) is 2.87. The highest BCUT2D eigenvalue weighted by atomic mass is 19.1. The number of aliphatic carboxylic acids is 1. The van der Waals surface area contributed by atoms with E-state index in [1.54, 1.807) is 0 Å². The van der Waals surface area contributed by atoms with Crippen molar-refractivity contribution < 1.29 is 18.7 Å². The number of carboxylic acid groups (broad SMARTS) is 1. The molecule has 1 aromatic rings. The van der Waals surface area contributed by atoms with E-state index in [1.165, 1.54) is 18.2 Å². The van der Waals surface area contributed by atoms with Gasteiger partial charge in [0.25, 0.3) is 0 Å². The number of likely N-dealkylation sites (N-methyl/N-ethyl adjacent to an activating group) is 1. The first-order chi connectivity index (χ1) is 9.49. The predicted molar refractivity (Wildman–Crippen MR) is 70.4 cm³/mol. The van der Waals surface area contributed by atoms with Crippen molar-refractivity contribution in [2.45, 2.75) is 12.5 Å². The molecular formula is C14H18F2N2O2. The fourth-order valence-electron chi connectivity index (χ4n) is 2.54. The van der Waals surface area contributed by atoms with E-state index in [9.17, 15) is 13.6 Å². The summed E-state index contributed by atoms with van der Waals surface area (Å²) < 4.78 is 27.8. The Morgan fingerprint density at radius 2 is 1.80 bits per heavy atom. The van der Waals surface area contributed by atoms with Gasteiger partial charge in [0, 0.05) is 31.7 Å². The van der Waals surface area contributed by atoms with Gasteiger partial charge in [-0.3, -0.25) is 9.69 Å². The maximum Gasteiger partial charge on any atom is 0.305 e. The van der Waals surface area contributed by atoms with Crippen molar-refractivity contribution in [1.82, 2.24) is 9.80 Å². The minimum absolute atomic E-state index is 0.139. The lowest BCUT2D eigenvalue weighted by Gasteiger charge is -2.37. The third kappa shape index (κ3) is 3.32. The summed E-state index contributed by atoms with van der Waals surface area (Å²) in [7, 11) is 1.97. The molecule has 0 aliphatic carbocycles. The van der Waals surface area contributed by atoms with Crippen LogP contribution in [-0.4, -0.2) is 54.1 Å². The van der Waals surface area contributed by atoms with Gasteiger partial charge >= 0.3 is 5.97 Å². The first-order valence-corrected chi connectivity index (χ1v) is 6.57. The average Bonchev–Trinajstić information content (AvgIpc) is 2.38. The van der Waals surface area contributed by atoms with Crippen molar-refractivity contribution in [2.75, 3.05) is 33.2 Å². The fourth-order valence-corrected chi connectivity index (χ4v) is 2.54. The van der Waals surface area contributed by atoms with E-state index in [0.29, 0.717) is 13.1 Å². The molecule has 1 aliphatic rings. The maximum atomic E-state index is 13.9. The maximum absolute atomic E-state index is 13.9. The second-order valence-corrected chi connectivity index (χ2v) is 5.09. The summed E-state index contributed by atoms with van der Waals surface area (Å²) in [5.74, 6) is -2.43. The second-order valence-electron chi connectivity index (χ2n) is 5.09. The van der Waals surface area contributed by atoms with Crippen LogP contribution in [0.5, 0.6) is 0 Å². The molecule has 1 N–H and O–H groups in total. The van der Waals surface area contributed by atoms with Crippen LogP contribution in [0.3, 0.4) is 0 Å². The van der Waals surface area contributed by atoms with Gasteiger partial charge in [0.15, 0.2) is 0 Å². The molecule has 2 rings (SSSR count). The van der Waals surface area contributed by atoms with Crippen molar-refractivity contribution in [2.24, 2.45) is 0 Å². The Hall–Kier alpha value is -1.53. The summed E-state index contributed by atoms with van der Waals surface area (Å²) in [5, 5.41) is 9.03. The molecule has 0 amide bonds. The zero-order valence-corrected chi connectivity index (χ0v) is 11.4.